The fraction of sp³-hybridized carbons (Fsp3) is 0.0909. The number of aryl methyl sites for hydroxylation is 1. The van der Waals surface area contributed by atoms with Gasteiger partial charge in [0.05, 0.1) is 0 Å². The highest BCUT2D eigenvalue weighted by Crippen LogP contribution is 2.42. The largest absolute Gasteiger partial charge is 0.508 e. The van der Waals surface area contributed by atoms with Crippen LogP contribution in [0.1, 0.15) is 28.7 Å². The molecule has 4 rings (SSSR count). The van der Waals surface area contributed by atoms with Gasteiger partial charge in [-0.05, 0) is 82.6 Å². The van der Waals surface area contributed by atoms with E-state index in [9.17, 15) is 15.3 Å². The van der Waals surface area contributed by atoms with Crippen LogP contribution in [-0.4, -0.2) is 15.3 Å². The molecule has 0 aromatic heterocycles. The van der Waals surface area contributed by atoms with Crippen molar-refractivity contribution in [2.45, 2.75) is 12.8 Å². The Kier molecular flexibility index (Phi) is 3.69. The number of allylic oxidation sites excluding steroid dienone is 1. The molecule has 3 nitrogen and oxygen atoms in total. The zero-order valence-corrected chi connectivity index (χ0v) is 13.6. The SMILES string of the molecule is Oc1ccc(C2=C(c3ccc(O)cc3)c3ccc(O)cc3CC2)cc1. The molecule has 0 unspecified atom stereocenters. The van der Waals surface area contributed by atoms with E-state index in [1.165, 1.54) is 5.57 Å². The summed E-state index contributed by atoms with van der Waals surface area (Å²) >= 11 is 0. The monoisotopic (exact) mass is 330 g/mol. The van der Waals surface area contributed by atoms with Crippen LogP contribution in [0.25, 0.3) is 11.1 Å². The first-order valence-corrected chi connectivity index (χ1v) is 8.26. The molecule has 124 valence electrons. The van der Waals surface area contributed by atoms with Gasteiger partial charge in [-0.25, -0.2) is 0 Å². The van der Waals surface area contributed by atoms with E-state index in [1.807, 2.05) is 36.4 Å². The average molecular weight is 330 g/mol. The van der Waals surface area contributed by atoms with E-state index in [1.54, 1.807) is 30.3 Å². The van der Waals surface area contributed by atoms with Crippen LogP contribution in [0.2, 0.25) is 0 Å². The lowest BCUT2D eigenvalue weighted by Gasteiger charge is -2.25. The molecular formula is C22H18O3. The summed E-state index contributed by atoms with van der Waals surface area (Å²) < 4.78 is 0. The highest BCUT2D eigenvalue weighted by molar-refractivity contribution is 6.00. The normalized spacial score (nSPS) is 13.6. The second-order valence-corrected chi connectivity index (χ2v) is 6.29. The van der Waals surface area contributed by atoms with Gasteiger partial charge in [-0.3, -0.25) is 0 Å². The highest BCUT2D eigenvalue weighted by Gasteiger charge is 2.21. The van der Waals surface area contributed by atoms with Crippen molar-refractivity contribution in [3.8, 4) is 17.2 Å². The smallest absolute Gasteiger partial charge is 0.115 e. The van der Waals surface area contributed by atoms with E-state index in [0.29, 0.717) is 0 Å². The Balaban J connectivity index is 1.97. The van der Waals surface area contributed by atoms with Gasteiger partial charge in [-0.15, -0.1) is 0 Å². The summed E-state index contributed by atoms with van der Waals surface area (Å²) in [5.74, 6) is 0.755. The molecule has 3 aromatic carbocycles. The first-order valence-electron chi connectivity index (χ1n) is 8.26. The van der Waals surface area contributed by atoms with Gasteiger partial charge in [-0.1, -0.05) is 30.3 Å². The lowest BCUT2D eigenvalue weighted by atomic mass is 9.79. The molecule has 0 heterocycles. The second-order valence-electron chi connectivity index (χ2n) is 6.29. The quantitative estimate of drug-likeness (QED) is 0.638. The van der Waals surface area contributed by atoms with Crippen molar-refractivity contribution in [1.82, 2.24) is 0 Å². The van der Waals surface area contributed by atoms with Gasteiger partial charge in [0.25, 0.3) is 0 Å². The number of hydrogen-bond acceptors (Lipinski definition) is 3. The first kappa shape index (κ1) is 15.3. The number of hydrogen-bond donors (Lipinski definition) is 3. The van der Waals surface area contributed by atoms with Crippen LogP contribution in [0.15, 0.2) is 66.7 Å². The molecular weight excluding hydrogens is 312 g/mol. The maximum atomic E-state index is 9.82. The minimum Gasteiger partial charge on any atom is -0.508 e. The summed E-state index contributed by atoms with van der Waals surface area (Å²) in [6, 6.07) is 19.9. The second kappa shape index (κ2) is 6.02. The number of rotatable bonds is 2. The average Bonchev–Trinajstić information content (AvgIpc) is 2.62. The summed E-state index contributed by atoms with van der Waals surface area (Å²) in [5, 5.41) is 29.0. The van der Waals surface area contributed by atoms with Gasteiger partial charge in [0.1, 0.15) is 17.2 Å². The Hall–Kier alpha value is -3.20. The molecule has 1 aliphatic carbocycles. The molecule has 0 saturated carbocycles. The Morgan fingerprint density at radius 3 is 1.76 bits per heavy atom. The molecule has 0 fully saturated rings. The van der Waals surface area contributed by atoms with Crippen LogP contribution in [0.5, 0.6) is 17.2 Å². The van der Waals surface area contributed by atoms with E-state index < -0.39 is 0 Å². The lowest BCUT2D eigenvalue weighted by molar-refractivity contribution is 0.474. The van der Waals surface area contributed by atoms with Crippen molar-refractivity contribution in [1.29, 1.82) is 0 Å². The fourth-order valence-corrected chi connectivity index (χ4v) is 3.49. The zero-order valence-electron chi connectivity index (χ0n) is 13.6. The van der Waals surface area contributed by atoms with Crippen LogP contribution in [0.3, 0.4) is 0 Å². The van der Waals surface area contributed by atoms with Crippen molar-refractivity contribution in [2.75, 3.05) is 0 Å². The number of fused-ring (bicyclic) bond motifs is 1. The highest BCUT2D eigenvalue weighted by atomic mass is 16.3. The summed E-state index contributed by atoms with van der Waals surface area (Å²) in [6.45, 7) is 0. The number of aromatic hydroxyl groups is 3. The van der Waals surface area contributed by atoms with Gasteiger partial charge in [0, 0.05) is 0 Å². The first-order chi connectivity index (χ1) is 12.1. The summed E-state index contributed by atoms with van der Waals surface area (Å²) in [4.78, 5) is 0. The molecule has 25 heavy (non-hydrogen) atoms. The maximum absolute atomic E-state index is 9.82. The van der Waals surface area contributed by atoms with E-state index in [4.69, 9.17) is 0 Å². The maximum Gasteiger partial charge on any atom is 0.115 e. The van der Waals surface area contributed by atoms with Gasteiger partial charge < -0.3 is 15.3 Å². The summed E-state index contributed by atoms with van der Waals surface area (Å²) in [6.07, 6.45) is 1.69. The van der Waals surface area contributed by atoms with Gasteiger partial charge in [0.2, 0.25) is 0 Å². The number of phenols is 3. The van der Waals surface area contributed by atoms with E-state index >= 15 is 0 Å². The summed E-state index contributed by atoms with van der Waals surface area (Å²) in [5.41, 5.74) is 6.60. The van der Waals surface area contributed by atoms with Crippen LogP contribution in [-0.2, 0) is 6.42 Å². The third kappa shape index (κ3) is 2.85. The topological polar surface area (TPSA) is 60.7 Å². The fourth-order valence-electron chi connectivity index (χ4n) is 3.49. The van der Waals surface area contributed by atoms with Gasteiger partial charge >= 0.3 is 0 Å². The number of benzene rings is 3. The Morgan fingerprint density at radius 1 is 0.560 bits per heavy atom. The van der Waals surface area contributed by atoms with Crippen molar-refractivity contribution >= 4 is 11.1 Å². The van der Waals surface area contributed by atoms with Crippen LogP contribution >= 0.6 is 0 Å². The Morgan fingerprint density at radius 2 is 1.12 bits per heavy atom. The van der Waals surface area contributed by atoms with Gasteiger partial charge in [-0.2, -0.15) is 0 Å². The minimum absolute atomic E-state index is 0.234. The standard InChI is InChI=1S/C22H18O3/c23-17-6-1-14(2-7-17)20-11-5-16-13-19(25)10-12-21(16)22(20)15-3-8-18(24)9-4-15/h1-4,6-10,12-13,23-25H,5,11H2. The van der Waals surface area contributed by atoms with E-state index in [2.05, 4.69) is 0 Å². The lowest BCUT2D eigenvalue weighted by Crippen LogP contribution is -2.06. The van der Waals surface area contributed by atoms with Crippen molar-refractivity contribution in [3.63, 3.8) is 0 Å². The van der Waals surface area contributed by atoms with E-state index in [-0.39, 0.29) is 17.2 Å². The van der Waals surface area contributed by atoms with Gasteiger partial charge in [0.15, 0.2) is 0 Å². The Bertz CT molecular complexity index is 952. The Labute approximate surface area is 146 Å². The summed E-state index contributed by atoms with van der Waals surface area (Å²) in [7, 11) is 0. The molecule has 3 N–H and O–H groups in total. The van der Waals surface area contributed by atoms with Crippen molar-refractivity contribution in [2.24, 2.45) is 0 Å². The molecule has 3 heteroatoms. The molecule has 0 amide bonds. The number of phenolic OH excluding ortho intramolecular Hbond substituents is 3. The van der Waals surface area contributed by atoms with Crippen LogP contribution in [0.4, 0.5) is 0 Å². The minimum atomic E-state index is 0.234. The molecule has 1 aliphatic rings. The third-order valence-electron chi connectivity index (χ3n) is 4.68. The van der Waals surface area contributed by atoms with Crippen LogP contribution < -0.4 is 0 Å². The molecule has 0 aliphatic heterocycles. The predicted octanol–water partition coefficient (Wildman–Crippen LogP) is 4.71. The molecule has 0 spiro atoms. The third-order valence-corrected chi connectivity index (χ3v) is 4.68. The molecule has 0 atom stereocenters. The molecule has 0 bridgehead atoms. The van der Waals surface area contributed by atoms with Crippen LogP contribution in [0, 0.1) is 0 Å². The zero-order chi connectivity index (χ0) is 17.4. The van der Waals surface area contributed by atoms with Crippen molar-refractivity contribution in [3.05, 3.63) is 89.0 Å². The predicted molar refractivity (Wildman–Crippen MR) is 98.6 cm³/mol. The van der Waals surface area contributed by atoms with E-state index in [0.717, 1.165) is 40.7 Å². The molecule has 0 saturated heterocycles. The molecule has 0 radical (unpaired) electrons. The van der Waals surface area contributed by atoms with Crippen molar-refractivity contribution < 1.29 is 15.3 Å². The molecule has 3 aromatic rings.